The first-order chi connectivity index (χ1) is 9.02. The third-order valence-electron chi connectivity index (χ3n) is 2.54. The molecular formula is C12H11ClN4OS. The van der Waals surface area contributed by atoms with E-state index in [9.17, 15) is 4.79 Å². The van der Waals surface area contributed by atoms with Crippen molar-refractivity contribution < 1.29 is 4.79 Å². The molecule has 2 rings (SSSR count). The molecule has 1 heterocycles. The molecule has 7 heteroatoms. The number of nitrogens with one attached hydrogen (secondary N) is 1. The van der Waals surface area contributed by atoms with Crippen molar-refractivity contribution in [1.82, 2.24) is 9.99 Å². The van der Waals surface area contributed by atoms with Gasteiger partial charge in [0.05, 0.1) is 11.7 Å². The van der Waals surface area contributed by atoms with Crippen molar-refractivity contribution in [1.29, 1.82) is 0 Å². The Labute approximate surface area is 120 Å². The van der Waals surface area contributed by atoms with E-state index in [1.807, 2.05) is 24.3 Å². The summed E-state index contributed by atoms with van der Waals surface area (Å²) in [7, 11) is 0. The van der Waals surface area contributed by atoms with Gasteiger partial charge >= 0.3 is 0 Å². The molecule has 0 spiro atoms. The summed E-state index contributed by atoms with van der Waals surface area (Å²) in [5, 5.41) is 5.07. The average Bonchev–Trinajstić information content (AvgIpc) is 2.62. The van der Waals surface area contributed by atoms with Gasteiger partial charge in [-0.3, -0.25) is 14.8 Å². The van der Waals surface area contributed by atoms with E-state index in [-0.39, 0.29) is 11.0 Å². The number of para-hydroxylation sites is 1. The largest absolute Gasteiger partial charge is 0.375 e. The molecular weight excluding hydrogens is 284 g/mol. The number of aromatic nitrogens is 1. The second-order valence-corrected chi connectivity index (χ2v) is 4.61. The van der Waals surface area contributed by atoms with Gasteiger partial charge in [-0.2, -0.15) is 5.10 Å². The number of nitrogens with zero attached hydrogens (tertiary/aromatic N) is 2. The standard InChI is InChI=1S/C12H11ClN4OS/c1-7(18)17-10-5-3-2-4-8(10)9(11(17)13)6-15-16-12(14)19/h2-6H,1H3,(H3,14,16,19)/b15-6+. The number of thiocarbonyl (C=S) groups is 1. The fraction of sp³-hybridized carbons (Fsp3) is 0.0833. The van der Waals surface area contributed by atoms with Crippen LogP contribution in [0.1, 0.15) is 17.3 Å². The van der Waals surface area contributed by atoms with Gasteiger partial charge in [0, 0.05) is 17.9 Å². The molecule has 0 bridgehead atoms. The van der Waals surface area contributed by atoms with Crippen LogP contribution in [-0.2, 0) is 0 Å². The van der Waals surface area contributed by atoms with Crippen molar-refractivity contribution in [3.8, 4) is 0 Å². The number of hydrogen-bond donors (Lipinski definition) is 2. The number of rotatable bonds is 2. The molecule has 1 aromatic carbocycles. The molecule has 3 N–H and O–H groups in total. The highest BCUT2D eigenvalue weighted by Gasteiger charge is 2.16. The summed E-state index contributed by atoms with van der Waals surface area (Å²) in [6, 6.07) is 7.39. The molecule has 0 fully saturated rings. The number of nitrogens with two attached hydrogens (primary N) is 1. The molecule has 0 unspecified atom stereocenters. The second-order valence-electron chi connectivity index (χ2n) is 3.81. The van der Waals surface area contributed by atoms with Crippen molar-refractivity contribution in [2.24, 2.45) is 10.8 Å². The van der Waals surface area contributed by atoms with E-state index in [0.717, 1.165) is 10.9 Å². The Hall–Kier alpha value is -1.92. The number of halogens is 1. The van der Waals surface area contributed by atoms with Crippen LogP contribution in [0.25, 0.3) is 10.9 Å². The fourth-order valence-electron chi connectivity index (χ4n) is 1.82. The molecule has 0 aliphatic rings. The minimum Gasteiger partial charge on any atom is -0.375 e. The summed E-state index contributed by atoms with van der Waals surface area (Å²) in [5.74, 6) is -0.164. The number of hydrazone groups is 1. The SMILES string of the molecule is CC(=O)n1c(Cl)c(/C=N/NC(N)=S)c2ccccc21. The van der Waals surface area contributed by atoms with Crippen LogP contribution in [0.4, 0.5) is 0 Å². The summed E-state index contributed by atoms with van der Waals surface area (Å²) in [4.78, 5) is 11.7. The normalized spacial score (nSPS) is 11.1. The van der Waals surface area contributed by atoms with Crippen LogP contribution in [-0.4, -0.2) is 21.8 Å². The van der Waals surface area contributed by atoms with Crippen LogP contribution >= 0.6 is 23.8 Å². The zero-order valence-corrected chi connectivity index (χ0v) is 11.6. The topological polar surface area (TPSA) is 72.4 Å². The first-order valence-corrected chi connectivity index (χ1v) is 6.19. The maximum Gasteiger partial charge on any atom is 0.229 e. The molecule has 0 radical (unpaired) electrons. The summed E-state index contributed by atoms with van der Waals surface area (Å²) in [5.41, 5.74) is 9.09. The van der Waals surface area contributed by atoms with E-state index in [1.54, 1.807) is 0 Å². The van der Waals surface area contributed by atoms with E-state index in [2.05, 4.69) is 22.7 Å². The van der Waals surface area contributed by atoms with E-state index in [1.165, 1.54) is 17.7 Å². The molecule has 0 saturated heterocycles. The van der Waals surface area contributed by atoms with Crippen molar-refractivity contribution in [3.63, 3.8) is 0 Å². The maximum absolute atomic E-state index is 11.7. The minimum absolute atomic E-state index is 0.0580. The number of hydrogen-bond acceptors (Lipinski definition) is 3. The molecule has 0 aliphatic carbocycles. The van der Waals surface area contributed by atoms with Gasteiger partial charge in [-0.25, -0.2) is 0 Å². The first-order valence-electron chi connectivity index (χ1n) is 5.40. The summed E-state index contributed by atoms with van der Waals surface area (Å²) >= 11 is 10.9. The van der Waals surface area contributed by atoms with E-state index in [0.29, 0.717) is 10.7 Å². The minimum atomic E-state index is -0.164. The molecule has 98 valence electrons. The zero-order valence-electron chi connectivity index (χ0n) is 10.1. The Bertz CT molecular complexity index is 692. The van der Waals surface area contributed by atoms with E-state index in [4.69, 9.17) is 17.3 Å². The Morgan fingerprint density at radius 1 is 1.53 bits per heavy atom. The van der Waals surface area contributed by atoms with Gasteiger partial charge in [0.25, 0.3) is 0 Å². The zero-order chi connectivity index (χ0) is 14.0. The number of benzene rings is 1. The lowest BCUT2D eigenvalue weighted by Gasteiger charge is -1.99. The van der Waals surface area contributed by atoms with Crippen LogP contribution in [0.2, 0.25) is 5.15 Å². The molecule has 2 aromatic rings. The quantitative estimate of drug-likeness (QED) is 0.505. The lowest BCUT2D eigenvalue weighted by Crippen LogP contribution is -2.24. The Morgan fingerprint density at radius 3 is 2.84 bits per heavy atom. The molecule has 5 nitrogen and oxygen atoms in total. The number of fused-ring (bicyclic) bond motifs is 1. The van der Waals surface area contributed by atoms with Gasteiger partial charge in [-0.15, -0.1) is 0 Å². The number of carbonyl (C=O) groups is 1. The van der Waals surface area contributed by atoms with Gasteiger partial charge < -0.3 is 5.73 Å². The highest BCUT2D eigenvalue weighted by molar-refractivity contribution is 7.80. The highest BCUT2D eigenvalue weighted by Crippen LogP contribution is 2.28. The molecule has 0 amide bonds. The molecule has 19 heavy (non-hydrogen) atoms. The van der Waals surface area contributed by atoms with Gasteiger partial charge in [-0.1, -0.05) is 29.8 Å². The smallest absolute Gasteiger partial charge is 0.229 e. The monoisotopic (exact) mass is 294 g/mol. The van der Waals surface area contributed by atoms with Crippen LogP contribution in [0.3, 0.4) is 0 Å². The van der Waals surface area contributed by atoms with Gasteiger partial charge in [-0.05, 0) is 18.3 Å². The van der Waals surface area contributed by atoms with Gasteiger partial charge in [0.15, 0.2) is 5.11 Å². The Kier molecular flexibility index (Phi) is 3.82. The molecule has 1 aromatic heterocycles. The Morgan fingerprint density at radius 2 is 2.21 bits per heavy atom. The van der Waals surface area contributed by atoms with Crippen molar-refractivity contribution in [3.05, 3.63) is 35.0 Å². The van der Waals surface area contributed by atoms with Crippen LogP contribution < -0.4 is 11.2 Å². The maximum atomic E-state index is 11.7. The van der Waals surface area contributed by atoms with Crippen LogP contribution in [0.5, 0.6) is 0 Å². The molecule has 0 atom stereocenters. The lowest BCUT2D eigenvalue weighted by atomic mass is 10.2. The number of carbonyl (C=O) groups excluding carboxylic acids is 1. The van der Waals surface area contributed by atoms with Gasteiger partial charge in [0.1, 0.15) is 5.15 Å². The lowest BCUT2D eigenvalue weighted by molar-refractivity contribution is 0.0942. The average molecular weight is 295 g/mol. The predicted octanol–water partition coefficient (Wildman–Crippen LogP) is 2.12. The Balaban J connectivity index is 2.60. The highest BCUT2D eigenvalue weighted by atomic mass is 35.5. The van der Waals surface area contributed by atoms with Crippen molar-refractivity contribution in [2.45, 2.75) is 6.92 Å². The summed E-state index contributed by atoms with van der Waals surface area (Å²) < 4.78 is 1.43. The first kappa shape index (κ1) is 13.5. The van der Waals surface area contributed by atoms with Crippen molar-refractivity contribution >= 4 is 52.0 Å². The van der Waals surface area contributed by atoms with E-state index >= 15 is 0 Å². The predicted molar refractivity (Wildman–Crippen MR) is 80.8 cm³/mol. The fourth-order valence-corrected chi connectivity index (χ4v) is 2.24. The third kappa shape index (κ3) is 2.59. The van der Waals surface area contributed by atoms with Crippen LogP contribution in [0, 0.1) is 0 Å². The third-order valence-corrected chi connectivity index (χ3v) is 3.00. The van der Waals surface area contributed by atoms with Gasteiger partial charge in [0.2, 0.25) is 5.91 Å². The van der Waals surface area contributed by atoms with Crippen LogP contribution in [0.15, 0.2) is 29.4 Å². The summed E-state index contributed by atoms with van der Waals surface area (Å²) in [6.45, 7) is 1.45. The molecule has 0 aliphatic heterocycles. The van der Waals surface area contributed by atoms with E-state index < -0.39 is 0 Å². The summed E-state index contributed by atoms with van der Waals surface area (Å²) in [6.07, 6.45) is 1.49. The van der Waals surface area contributed by atoms with Crippen molar-refractivity contribution in [2.75, 3.05) is 0 Å². The second kappa shape index (κ2) is 5.38. The molecule has 0 saturated carbocycles.